The van der Waals surface area contributed by atoms with E-state index in [2.05, 4.69) is 37.4 Å². The van der Waals surface area contributed by atoms with E-state index in [-0.39, 0.29) is 6.61 Å². The second kappa shape index (κ2) is 6.88. The molecule has 2 aromatic rings. The lowest BCUT2D eigenvalue weighted by Gasteiger charge is -2.11. The molecule has 0 saturated heterocycles. The number of rotatable bonds is 7. The Labute approximate surface area is 120 Å². The molecule has 4 nitrogen and oxygen atoms in total. The van der Waals surface area contributed by atoms with E-state index in [1.165, 1.54) is 10.9 Å². The van der Waals surface area contributed by atoms with E-state index in [0.717, 1.165) is 18.6 Å². The van der Waals surface area contributed by atoms with Gasteiger partial charge in [0.1, 0.15) is 0 Å². The van der Waals surface area contributed by atoms with Gasteiger partial charge in [0.25, 0.3) is 0 Å². The Balaban J connectivity index is 2.07. The van der Waals surface area contributed by atoms with Gasteiger partial charge in [0.05, 0.1) is 19.3 Å². The third-order valence-electron chi connectivity index (χ3n) is 3.34. The van der Waals surface area contributed by atoms with E-state index in [4.69, 9.17) is 5.11 Å². The molecule has 4 heteroatoms. The number of hydrogen-bond donors (Lipinski definition) is 3. The first-order chi connectivity index (χ1) is 9.60. The van der Waals surface area contributed by atoms with Gasteiger partial charge >= 0.3 is 0 Å². The summed E-state index contributed by atoms with van der Waals surface area (Å²) >= 11 is 0. The summed E-state index contributed by atoms with van der Waals surface area (Å²) in [4.78, 5) is 0. The molecular formula is C16H24N2O2. The lowest BCUT2D eigenvalue weighted by Crippen LogP contribution is -2.19. The summed E-state index contributed by atoms with van der Waals surface area (Å²) in [6.45, 7) is 6.49. The smallest absolute Gasteiger partial charge is 0.0949 e. The molecule has 20 heavy (non-hydrogen) atoms. The summed E-state index contributed by atoms with van der Waals surface area (Å²) in [5.74, 6) is 0.653. The van der Waals surface area contributed by atoms with Gasteiger partial charge in [-0.1, -0.05) is 19.9 Å². The molecule has 1 atom stereocenters. The first kappa shape index (κ1) is 15.0. The third kappa shape index (κ3) is 3.82. The second-order valence-electron chi connectivity index (χ2n) is 5.72. The predicted molar refractivity (Wildman–Crippen MR) is 81.6 cm³/mol. The number of hydrogen-bond acceptors (Lipinski definition) is 3. The number of aromatic nitrogens is 1. The highest BCUT2D eigenvalue weighted by Gasteiger charge is 2.07. The molecule has 0 aliphatic rings. The van der Waals surface area contributed by atoms with Gasteiger partial charge in [0.15, 0.2) is 0 Å². The van der Waals surface area contributed by atoms with Crippen LogP contribution in [0, 0.1) is 5.92 Å². The fraction of sp³-hybridized carbons (Fsp3) is 0.500. The topological polar surface area (TPSA) is 57.4 Å². The van der Waals surface area contributed by atoms with Crippen LogP contribution < -0.4 is 5.32 Å². The second-order valence-corrected chi connectivity index (χ2v) is 5.72. The molecule has 1 aromatic carbocycles. The van der Waals surface area contributed by atoms with E-state index >= 15 is 0 Å². The Morgan fingerprint density at radius 3 is 2.75 bits per heavy atom. The first-order valence-corrected chi connectivity index (χ1v) is 7.17. The summed E-state index contributed by atoms with van der Waals surface area (Å²) in [7, 11) is 0. The monoisotopic (exact) mass is 276 g/mol. The van der Waals surface area contributed by atoms with Crippen LogP contribution >= 0.6 is 0 Å². The molecule has 0 bridgehead atoms. The molecule has 110 valence electrons. The molecule has 0 saturated carbocycles. The van der Waals surface area contributed by atoms with Crippen molar-refractivity contribution in [1.82, 2.24) is 9.88 Å². The van der Waals surface area contributed by atoms with E-state index in [1.54, 1.807) is 0 Å². The number of aliphatic hydroxyl groups excluding tert-OH is 2. The Morgan fingerprint density at radius 1 is 1.25 bits per heavy atom. The van der Waals surface area contributed by atoms with Gasteiger partial charge in [-0.15, -0.1) is 0 Å². The molecule has 3 N–H and O–H groups in total. The SMILES string of the molecule is CC(C)CNCc1ccc2c(ccn2CC(O)CO)c1. The van der Waals surface area contributed by atoms with Crippen LogP contribution in [0.2, 0.25) is 0 Å². The highest BCUT2D eigenvalue weighted by atomic mass is 16.3. The van der Waals surface area contributed by atoms with Crippen molar-refractivity contribution in [2.75, 3.05) is 13.2 Å². The maximum atomic E-state index is 9.53. The molecule has 0 fully saturated rings. The first-order valence-electron chi connectivity index (χ1n) is 7.17. The lowest BCUT2D eigenvalue weighted by atomic mass is 10.1. The van der Waals surface area contributed by atoms with Crippen LogP contribution in [0.25, 0.3) is 10.9 Å². The summed E-state index contributed by atoms with van der Waals surface area (Å²) < 4.78 is 1.97. The van der Waals surface area contributed by atoms with Gasteiger partial charge in [-0.3, -0.25) is 0 Å². The Morgan fingerprint density at radius 2 is 2.05 bits per heavy atom. The average Bonchev–Trinajstić information content (AvgIpc) is 2.81. The van der Waals surface area contributed by atoms with Crippen LogP contribution in [0.5, 0.6) is 0 Å². The summed E-state index contributed by atoms with van der Waals surface area (Å²) in [5, 5.41) is 23.1. The van der Waals surface area contributed by atoms with Crippen molar-refractivity contribution in [1.29, 1.82) is 0 Å². The molecule has 2 rings (SSSR count). The molecule has 0 amide bonds. The van der Waals surface area contributed by atoms with E-state index in [9.17, 15) is 5.11 Å². The van der Waals surface area contributed by atoms with Crippen molar-refractivity contribution in [2.45, 2.75) is 33.0 Å². The van der Waals surface area contributed by atoms with Crippen LogP contribution in [0.3, 0.4) is 0 Å². The highest BCUT2D eigenvalue weighted by molar-refractivity contribution is 5.80. The Kier molecular flexibility index (Phi) is 5.17. The van der Waals surface area contributed by atoms with Crippen molar-refractivity contribution in [2.24, 2.45) is 5.92 Å². The summed E-state index contributed by atoms with van der Waals surface area (Å²) in [6.07, 6.45) is 1.24. The number of benzene rings is 1. The lowest BCUT2D eigenvalue weighted by molar-refractivity contribution is 0.0822. The van der Waals surface area contributed by atoms with E-state index in [0.29, 0.717) is 12.5 Å². The van der Waals surface area contributed by atoms with Crippen LogP contribution in [0.4, 0.5) is 0 Å². The maximum absolute atomic E-state index is 9.53. The normalized spacial score (nSPS) is 13.2. The standard InChI is InChI=1S/C16H24N2O2/c1-12(2)8-17-9-13-3-4-16-14(7-13)5-6-18(16)10-15(20)11-19/h3-7,12,15,17,19-20H,8-11H2,1-2H3. The molecular weight excluding hydrogens is 252 g/mol. The van der Waals surface area contributed by atoms with Gasteiger partial charge in [0.2, 0.25) is 0 Å². The summed E-state index contributed by atoms with van der Waals surface area (Å²) in [6, 6.07) is 8.40. The maximum Gasteiger partial charge on any atom is 0.0949 e. The minimum atomic E-state index is -0.710. The fourth-order valence-electron chi connectivity index (χ4n) is 2.31. The van der Waals surface area contributed by atoms with Crippen LogP contribution in [-0.2, 0) is 13.1 Å². The Hall–Kier alpha value is -1.36. The highest BCUT2D eigenvalue weighted by Crippen LogP contribution is 2.18. The zero-order chi connectivity index (χ0) is 14.5. The van der Waals surface area contributed by atoms with Gasteiger partial charge in [-0.2, -0.15) is 0 Å². The molecule has 1 unspecified atom stereocenters. The average molecular weight is 276 g/mol. The minimum Gasteiger partial charge on any atom is -0.394 e. The minimum absolute atomic E-state index is 0.211. The molecule has 0 radical (unpaired) electrons. The van der Waals surface area contributed by atoms with Crippen molar-refractivity contribution >= 4 is 10.9 Å². The molecule has 0 aliphatic heterocycles. The van der Waals surface area contributed by atoms with E-state index in [1.807, 2.05) is 16.8 Å². The van der Waals surface area contributed by atoms with Crippen molar-refractivity contribution in [3.05, 3.63) is 36.0 Å². The fourth-order valence-corrected chi connectivity index (χ4v) is 2.31. The number of nitrogens with zero attached hydrogens (tertiary/aromatic N) is 1. The van der Waals surface area contributed by atoms with E-state index < -0.39 is 6.10 Å². The van der Waals surface area contributed by atoms with Crippen LogP contribution in [-0.4, -0.2) is 34.0 Å². The molecule has 1 aromatic heterocycles. The van der Waals surface area contributed by atoms with Gasteiger partial charge < -0.3 is 20.1 Å². The molecule has 0 spiro atoms. The zero-order valence-electron chi connectivity index (χ0n) is 12.2. The van der Waals surface area contributed by atoms with Gasteiger partial charge in [0, 0.05) is 18.3 Å². The van der Waals surface area contributed by atoms with Crippen LogP contribution in [0.1, 0.15) is 19.4 Å². The largest absolute Gasteiger partial charge is 0.394 e. The number of aliphatic hydroxyl groups is 2. The zero-order valence-corrected chi connectivity index (χ0v) is 12.2. The number of nitrogens with one attached hydrogen (secondary N) is 1. The molecule has 1 heterocycles. The van der Waals surface area contributed by atoms with Crippen molar-refractivity contribution in [3.8, 4) is 0 Å². The van der Waals surface area contributed by atoms with Crippen molar-refractivity contribution in [3.63, 3.8) is 0 Å². The number of fused-ring (bicyclic) bond motifs is 1. The quantitative estimate of drug-likeness (QED) is 0.722. The van der Waals surface area contributed by atoms with Crippen LogP contribution in [0.15, 0.2) is 30.5 Å². The summed E-state index contributed by atoms with van der Waals surface area (Å²) in [5.41, 5.74) is 2.35. The predicted octanol–water partition coefficient (Wildman–Crippen LogP) is 1.74. The molecule has 0 aliphatic carbocycles. The third-order valence-corrected chi connectivity index (χ3v) is 3.34. The Bertz CT molecular complexity index is 548. The van der Waals surface area contributed by atoms with Gasteiger partial charge in [-0.25, -0.2) is 0 Å². The van der Waals surface area contributed by atoms with Gasteiger partial charge in [-0.05, 0) is 41.6 Å². The van der Waals surface area contributed by atoms with Crippen molar-refractivity contribution < 1.29 is 10.2 Å².